The Morgan fingerprint density at radius 1 is 1.38 bits per heavy atom. The van der Waals surface area contributed by atoms with Crippen LogP contribution in [0, 0.1) is 0 Å². The summed E-state index contributed by atoms with van der Waals surface area (Å²) in [5, 5.41) is 15.0. The van der Waals surface area contributed by atoms with Gasteiger partial charge in [-0.1, -0.05) is 12.1 Å². The van der Waals surface area contributed by atoms with E-state index in [-0.39, 0.29) is 6.61 Å². The first kappa shape index (κ1) is 10.8. The van der Waals surface area contributed by atoms with Gasteiger partial charge in [0.15, 0.2) is 0 Å². The predicted molar refractivity (Wildman–Crippen MR) is 60.7 cm³/mol. The van der Waals surface area contributed by atoms with Crippen molar-refractivity contribution in [2.24, 2.45) is 0 Å². The van der Waals surface area contributed by atoms with E-state index in [1.54, 1.807) is 0 Å². The van der Waals surface area contributed by atoms with Crippen LogP contribution in [0.5, 0.6) is 0 Å². The van der Waals surface area contributed by atoms with Crippen LogP contribution < -0.4 is 10.6 Å². The standard InChI is InChI=1S/C11H14N2O3/c14-10(15)7-16-6-8-2-1-3-9-11(8)13-5-4-12-9/h1-3,12-13H,4-7H2,(H,14,15). The molecular formula is C11H14N2O3. The van der Waals surface area contributed by atoms with Crippen LogP contribution in [0.15, 0.2) is 18.2 Å². The van der Waals surface area contributed by atoms with Crippen molar-refractivity contribution in [2.75, 3.05) is 30.3 Å². The molecule has 0 unspecified atom stereocenters. The van der Waals surface area contributed by atoms with Gasteiger partial charge in [0.1, 0.15) is 6.61 Å². The summed E-state index contributed by atoms with van der Waals surface area (Å²) in [5.41, 5.74) is 3.03. The van der Waals surface area contributed by atoms with E-state index in [1.807, 2.05) is 18.2 Å². The fourth-order valence-corrected chi connectivity index (χ4v) is 1.71. The molecule has 0 atom stereocenters. The van der Waals surface area contributed by atoms with Crippen molar-refractivity contribution >= 4 is 17.3 Å². The van der Waals surface area contributed by atoms with Gasteiger partial charge in [-0.15, -0.1) is 0 Å². The zero-order valence-corrected chi connectivity index (χ0v) is 8.82. The van der Waals surface area contributed by atoms with Crippen molar-refractivity contribution in [1.29, 1.82) is 0 Å². The number of aliphatic carboxylic acids is 1. The van der Waals surface area contributed by atoms with Crippen molar-refractivity contribution in [3.63, 3.8) is 0 Å². The van der Waals surface area contributed by atoms with Gasteiger partial charge in [0.05, 0.1) is 18.0 Å². The summed E-state index contributed by atoms with van der Waals surface area (Å²) in [7, 11) is 0. The fraction of sp³-hybridized carbons (Fsp3) is 0.364. The molecule has 3 N–H and O–H groups in total. The van der Waals surface area contributed by atoms with Gasteiger partial charge < -0.3 is 20.5 Å². The van der Waals surface area contributed by atoms with Crippen LogP contribution in [0.2, 0.25) is 0 Å². The number of hydrogen-bond donors (Lipinski definition) is 3. The second kappa shape index (κ2) is 4.85. The van der Waals surface area contributed by atoms with Gasteiger partial charge in [-0.2, -0.15) is 0 Å². The summed E-state index contributed by atoms with van der Waals surface area (Å²) >= 11 is 0. The largest absolute Gasteiger partial charge is 0.480 e. The molecule has 16 heavy (non-hydrogen) atoms. The maximum Gasteiger partial charge on any atom is 0.329 e. The lowest BCUT2D eigenvalue weighted by Gasteiger charge is -2.22. The lowest BCUT2D eigenvalue weighted by molar-refractivity contribution is -0.142. The molecule has 1 aromatic carbocycles. The van der Waals surface area contributed by atoms with Crippen LogP contribution in [-0.2, 0) is 16.1 Å². The number of benzene rings is 1. The summed E-state index contributed by atoms with van der Waals surface area (Å²) in [6, 6.07) is 5.85. The second-order valence-corrected chi connectivity index (χ2v) is 3.58. The molecule has 86 valence electrons. The zero-order chi connectivity index (χ0) is 11.4. The molecule has 0 saturated heterocycles. The Hall–Kier alpha value is -1.75. The second-order valence-electron chi connectivity index (χ2n) is 3.58. The van der Waals surface area contributed by atoms with Crippen LogP contribution in [0.4, 0.5) is 11.4 Å². The molecule has 0 radical (unpaired) electrons. The molecule has 1 heterocycles. The van der Waals surface area contributed by atoms with E-state index in [1.165, 1.54) is 0 Å². The normalized spacial score (nSPS) is 13.5. The number of para-hydroxylation sites is 1. The molecule has 2 rings (SSSR count). The average Bonchev–Trinajstić information content (AvgIpc) is 2.29. The molecule has 0 aromatic heterocycles. The number of ether oxygens (including phenoxy) is 1. The smallest absolute Gasteiger partial charge is 0.329 e. The molecule has 1 aliphatic heterocycles. The van der Waals surface area contributed by atoms with Gasteiger partial charge in [-0.3, -0.25) is 0 Å². The number of nitrogens with one attached hydrogen (secondary N) is 2. The van der Waals surface area contributed by atoms with E-state index in [9.17, 15) is 4.79 Å². The number of carboxylic acids is 1. The van der Waals surface area contributed by atoms with Gasteiger partial charge in [-0.25, -0.2) is 4.79 Å². The molecule has 0 bridgehead atoms. The lowest BCUT2D eigenvalue weighted by Crippen LogP contribution is -2.21. The van der Waals surface area contributed by atoms with E-state index in [0.29, 0.717) is 6.61 Å². The van der Waals surface area contributed by atoms with Crippen molar-refractivity contribution in [3.8, 4) is 0 Å². The summed E-state index contributed by atoms with van der Waals surface area (Å²) in [6.45, 7) is 1.80. The fourth-order valence-electron chi connectivity index (χ4n) is 1.71. The Morgan fingerprint density at radius 3 is 3.00 bits per heavy atom. The Morgan fingerprint density at radius 2 is 2.19 bits per heavy atom. The third-order valence-electron chi connectivity index (χ3n) is 2.38. The number of anilines is 2. The first-order valence-electron chi connectivity index (χ1n) is 5.16. The monoisotopic (exact) mass is 222 g/mol. The molecule has 1 aliphatic rings. The third kappa shape index (κ3) is 2.43. The van der Waals surface area contributed by atoms with Crippen molar-refractivity contribution in [2.45, 2.75) is 6.61 Å². The highest BCUT2D eigenvalue weighted by atomic mass is 16.5. The van der Waals surface area contributed by atoms with E-state index in [2.05, 4.69) is 10.6 Å². The molecule has 5 heteroatoms. The topological polar surface area (TPSA) is 70.6 Å². The van der Waals surface area contributed by atoms with Gasteiger partial charge in [-0.05, 0) is 6.07 Å². The summed E-state index contributed by atoms with van der Waals surface area (Å²) in [5.74, 6) is -0.948. The van der Waals surface area contributed by atoms with Gasteiger partial charge in [0.25, 0.3) is 0 Å². The molecular weight excluding hydrogens is 208 g/mol. The maximum absolute atomic E-state index is 10.3. The number of carboxylic acid groups (broad SMARTS) is 1. The van der Waals surface area contributed by atoms with Crippen LogP contribution in [0.1, 0.15) is 5.56 Å². The average molecular weight is 222 g/mol. The minimum absolute atomic E-state index is 0.267. The SMILES string of the molecule is O=C(O)COCc1cccc2c1NCCN2. The number of rotatable bonds is 4. The molecule has 0 saturated carbocycles. The number of hydrogen-bond acceptors (Lipinski definition) is 4. The first-order chi connectivity index (χ1) is 7.77. The van der Waals surface area contributed by atoms with E-state index in [4.69, 9.17) is 9.84 Å². The minimum atomic E-state index is -0.948. The molecule has 0 spiro atoms. The molecule has 5 nitrogen and oxygen atoms in total. The predicted octanol–water partition coefficient (Wildman–Crippen LogP) is 1.13. The van der Waals surface area contributed by atoms with E-state index in [0.717, 1.165) is 30.0 Å². The number of carbonyl (C=O) groups is 1. The first-order valence-corrected chi connectivity index (χ1v) is 5.16. The maximum atomic E-state index is 10.3. The molecule has 1 aromatic rings. The van der Waals surface area contributed by atoms with Crippen LogP contribution in [-0.4, -0.2) is 30.8 Å². The number of fused-ring (bicyclic) bond motifs is 1. The Balaban J connectivity index is 2.05. The van der Waals surface area contributed by atoms with Crippen LogP contribution >= 0.6 is 0 Å². The lowest BCUT2D eigenvalue weighted by atomic mass is 10.1. The zero-order valence-electron chi connectivity index (χ0n) is 8.82. The summed E-state index contributed by atoms with van der Waals surface area (Å²) < 4.78 is 5.08. The van der Waals surface area contributed by atoms with Gasteiger partial charge in [0.2, 0.25) is 0 Å². The van der Waals surface area contributed by atoms with Crippen molar-refractivity contribution in [3.05, 3.63) is 23.8 Å². The Kier molecular flexibility index (Phi) is 3.26. The molecule has 0 amide bonds. The highest BCUT2D eigenvalue weighted by Gasteiger charge is 2.11. The highest BCUT2D eigenvalue weighted by Crippen LogP contribution is 2.28. The molecule has 0 fully saturated rings. The van der Waals surface area contributed by atoms with E-state index < -0.39 is 5.97 Å². The Labute approximate surface area is 93.4 Å². The van der Waals surface area contributed by atoms with Gasteiger partial charge in [0, 0.05) is 18.7 Å². The summed E-state index contributed by atoms with van der Waals surface area (Å²) in [4.78, 5) is 10.3. The quantitative estimate of drug-likeness (QED) is 0.712. The highest BCUT2D eigenvalue weighted by molar-refractivity contribution is 5.74. The van der Waals surface area contributed by atoms with Crippen molar-refractivity contribution < 1.29 is 14.6 Å². The van der Waals surface area contributed by atoms with Crippen LogP contribution in [0.25, 0.3) is 0 Å². The summed E-state index contributed by atoms with van der Waals surface area (Å²) in [6.07, 6.45) is 0. The third-order valence-corrected chi connectivity index (χ3v) is 2.38. The minimum Gasteiger partial charge on any atom is -0.480 e. The van der Waals surface area contributed by atoms with Crippen molar-refractivity contribution in [1.82, 2.24) is 0 Å². The van der Waals surface area contributed by atoms with Gasteiger partial charge >= 0.3 is 5.97 Å². The van der Waals surface area contributed by atoms with E-state index >= 15 is 0 Å². The Bertz CT molecular complexity index is 393. The molecule has 0 aliphatic carbocycles. The van der Waals surface area contributed by atoms with Crippen LogP contribution in [0.3, 0.4) is 0 Å².